The van der Waals surface area contributed by atoms with Gasteiger partial charge in [-0.3, -0.25) is 19.1 Å². The van der Waals surface area contributed by atoms with E-state index in [-0.39, 0.29) is 24.4 Å². The molecule has 0 atom stereocenters. The lowest BCUT2D eigenvalue weighted by Crippen LogP contribution is -2.47. The fourth-order valence-electron chi connectivity index (χ4n) is 4.21. The molecule has 0 aliphatic carbocycles. The lowest BCUT2D eigenvalue weighted by molar-refractivity contribution is -0.121. The lowest BCUT2D eigenvalue weighted by Gasteiger charge is -2.36. The summed E-state index contributed by atoms with van der Waals surface area (Å²) in [6, 6.07) is 9.89. The van der Waals surface area contributed by atoms with Crippen LogP contribution in [-0.2, 0) is 11.3 Å². The van der Waals surface area contributed by atoms with E-state index in [1.807, 2.05) is 12.1 Å². The van der Waals surface area contributed by atoms with Gasteiger partial charge in [-0.05, 0) is 55.1 Å². The molecule has 1 amide bonds. The van der Waals surface area contributed by atoms with E-state index in [0.717, 1.165) is 44.9 Å². The Balaban J connectivity index is 1.11. The van der Waals surface area contributed by atoms with Gasteiger partial charge in [0, 0.05) is 51.4 Å². The Morgan fingerprint density at radius 2 is 1.82 bits per heavy atom. The molecule has 1 aliphatic rings. The third kappa shape index (κ3) is 5.87. The molecule has 3 heterocycles. The number of thiophene rings is 1. The highest BCUT2D eigenvalue weighted by Gasteiger charge is 2.17. The number of piperazine rings is 1. The first-order valence-electron chi connectivity index (χ1n) is 11.6. The molecule has 2 N–H and O–H groups in total. The van der Waals surface area contributed by atoms with Crippen LogP contribution in [0.5, 0.6) is 5.75 Å². The van der Waals surface area contributed by atoms with Crippen molar-refractivity contribution in [3.8, 4) is 5.75 Å². The second-order valence-corrected chi connectivity index (χ2v) is 9.30. The van der Waals surface area contributed by atoms with E-state index in [9.17, 15) is 14.4 Å². The highest BCUT2D eigenvalue weighted by Crippen LogP contribution is 2.20. The Morgan fingerprint density at radius 3 is 2.56 bits per heavy atom. The van der Waals surface area contributed by atoms with Gasteiger partial charge in [0.25, 0.3) is 5.56 Å². The van der Waals surface area contributed by atoms with E-state index in [4.69, 9.17) is 4.74 Å². The molecule has 0 bridgehead atoms. The average Bonchev–Trinajstić information content (AvgIpc) is 3.33. The van der Waals surface area contributed by atoms with Crippen molar-refractivity contribution in [3.05, 3.63) is 56.5 Å². The van der Waals surface area contributed by atoms with Crippen LogP contribution in [0, 0.1) is 0 Å². The van der Waals surface area contributed by atoms with E-state index in [0.29, 0.717) is 23.2 Å². The van der Waals surface area contributed by atoms with Gasteiger partial charge in [0.1, 0.15) is 10.4 Å². The SMILES string of the molecule is COc1ccc(N2CCN(CCCNC(=O)CCCn3c(=O)[nH]c4ccsc4c3=O)CC2)cc1. The topological polar surface area (TPSA) is 99.7 Å². The molecule has 182 valence electrons. The number of benzene rings is 1. The molecule has 3 aromatic rings. The molecular weight excluding hydrogens is 454 g/mol. The normalized spacial score (nSPS) is 14.4. The van der Waals surface area contributed by atoms with E-state index >= 15 is 0 Å². The van der Waals surface area contributed by atoms with Crippen LogP contribution in [-0.4, -0.2) is 66.7 Å². The molecule has 10 heteroatoms. The van der Waals surface area contributed by atoms with Crippen molar-refractivity contribution in [2.24, 2.45) is 0 Å². The maximum absolute atomic E-state index is 12.4. The summed E-state index contributed by atoms with van der Waals surface area (Å²) in [4.78, 5) is 44.2. The Hall–Kier alpha value is -3.11. The standard InChI is InChI=1S/C24H31N5O4S/c1-33-19-7-5-18(6-8-19)28-15-13-27(14-16-28)11-3-10-25-21(30)4-2-12-29-23(31)22-20(9-17-34-22)26-24(29)32/h5-9,17H,2-4,10-16H2,1H3,(H,25,30)(H,26,32). The molecule has 0 radical (unpaired) electrons. The molecule has 9 nitrogen and oxygen atoms in total. The molecule has 1 aliphatic heterocycles. The summed E-state index contributed by atoms with van der Waals surface area (Å²) in [6.45, 7) is 5.76. The number of hydrogen-bond donors (Lipinski definition) is 2. The van der Waals surface area contributed by atoms with Gasteiger partial charge in [-0.15, -0.1) is 11.3 Å². The van der Waals surface area contributed by atoms with Crippen LogP contribution in [0.25, 0.3) is 10.2 Å². The number of H-pyrrole nitrogens is 1. The van der Waals surface area contributed by atoms with Crippen LogP contribution in [0.1, 0.15) is 19.3 Å². The number of nitrogens with one attached hydrogen (secondary N) is 2. The van der Waals surface area contributed by atoms with Crippen molar-refractivity contribution < 1.29 is 9.53 Å². The van der Waals surface area contributed by atoms with Gasteiger partial charge in [-0.1, -0.05) is 0 Å². The quantitative estimate of drug-likeness (QED) is 0.426. The summed E-state index contributed by atoms with van der Waals surface area (Å²) in [5.41, 5.74) is 1.06. The number of aromatic amines is 1. The first kappa shape index (κ1) is 24.0. The molecule has 1 saturated heterocycles. The predicted molar refractivity (Wildman–Crippen MR) is 135 cm³/mol. The summed E-state index contributed by atoms with van der Waals surface area (Å²) in [5.74, 6) is 0.817. The van der Waals surface area contributed by atoms with Gasteiger partial charge in [-0.25, -0.2) is 4.79 Å². The van der Waals surface area contributed by atoms with Gasteiger partial charge in [0.2, 0.25) is 5.91 Å². The summed E-state index contributed by atoms with van der Waals surface area (Å²) >= 11 is 1.31. The number of carbonyl (C=O) groups is 1. The van der Waals surface area contributed by atoms with Crippen molar-refractivity contribution in [2.45, 2.75) is 25.8 Å². The molecule has 34 heavy (non-hydrogen) atoms. The van der Waals surface area contributed by atoms with Gasteiger partial charge >= 0.3 is 5.69 Å². The molecule has 1 aromatic carbocycles. The zero-order valence-electron chi connectivity index (χ0n) is 19.4. The zero-order chi connectivity index (χ0) is 23.9. The largest absolute Gasteiger partial charge is 0.497 e. The van der Waals surface area contributed by atoms with E-state index in [2.05, 4.69) is 32.2 Å². The first-order valence-corrected chi connectivity index (χ1v) is 12.5. The van der Waals surface area contributed by atoms with Crippen LogP contribution in [0.2, 0.25) is 0 Å². The third-order valence-electron chi connectivity index (χ3n) is 6.16. The molecule has 0 saturated carbocycles. The number of carbonyl (C=O) groups excluding carboxylic acids is 1. The minimum atomic E-state index is -0.427. The van der Waals surface area contributed by atoms with Gasteiger partial charge in [0.05, 0.1) is 12.6 Å². The number of ether oxygens (including phenoxy) is 1. The number of hydrogen-bond acceptors (Lipinski definition) is 7. The zero-order valence-corrected chi connectivity index (χ0v) is 20.2. The number of amides is 1. The average molecular weight is 486 g/mol. The van der Waals surface area contributed by atoms with E-state index in [1.165, 1.54) is 21.6 Å². The monoisotopic (exact) mass is 485 g/mol. The second-order valence-electron chi connectivity index (χ2n) is 8.38. The molecule has 1 fully saturated rings. The smallest absolute Gasteiger partial charge is 0.328 e. The predicted octanol–water partition coefficient (Wildman–Crippen LogP) is 1.87. The minimum absolute atomic E-state index is 0.0500. The summed E-state index contributed by atoms with van der Waals surface area (Å²) in [7, 11) is 1.67. The fourth-order valence-corrected chi connectivity index (χ4v) is 5.01. The highest BCUT2D eigenvalue weighted by atomic mass is 32.1. The van der Waals surface area contributed by atoms with Gasteiger partial charge < -0.3 is 19.9 Å². The molecule has 0 spiro atoms. The molecule has 0 unspecified atom stereocenters. The molecular formula is C24H31N5O4S. The Morgan fingerprint density at radius 1 is 1.06 bits per heavy atom. The minimum Gasteiger partial charge on any atom is -0.497 e. The van der Waals surface area contributed by atoms with Gasteiger partial charge in [0.15, 0.2) is 0 Å². The van der Waals surface area contributed by atoms with E-state index < -0.39 is 5.69 Å². The number of nitrogens with zero attached hydrogens (tertiary/aromatic N) is 3. The lowest BCUT2D eigenvalue weighted by atomic mass is 10.2. The second kappa shape index (κ2) is 11.3. The maximum Gasteiger partial charge on any atom is 0.328 e. The van der Waals surface area contributed by atoms with Crippen molar-refractivity contribution in [2.75, 3.05) is 51.3 Å². The summed E-state index contributed by atoms with van der Waals surface area (Å²) in [6.07, 6.45) is 1.62. The van der Waals surface area contributed by atoms with E-state index in [1.54, 1.807) is 18.6 Å². The van der Waals surface area contributed by atoms with Crippen LogP contribution < -0.4 is 26.2 Å². The summed E-state index contributed by atoms with van der Waals surface area (Å²) in [5, 5.41) is 4.73. The Kier molecular flexibility index (Phi) is 8.02. The number of methoxy groups -OCH3 is 1. The molecule has 2 aromatic heterocycles. The van der Waals surface area contributed by atoms with Crippen LogP contribution >= 0.6 is 11.3 Å². The van der Waals surface area contributed by atoms with Crippen molar-refractivity contribution in [1.82, 2.24) is 19.8 Å². The Labute approximate surface area is 202 Å². The summed E-state index contributed by atoms with van der Waals surface area (Å²) < 4.78 is 6.94. The number of fused-ring (bicyclic) bond motifs is 1. The number of rotatable bonds is 10. The van der Waals surface area contributed by atoms with Crippen LogP contribution in [0.15, 0.2) is 45.3 Å². The first-order chi connectivity index (χ1) is 16.5. The Bertz CT molecular complexity index is 1210. The third-order valence-corrected chi connectivity index (χ3v) is 7.06. The van der Waals surface area contributed by atoms with Gasteiger partial charge in [-0.2, -0.15) is 0 Å². The fraction of sp³-hybridized carbons (Fsp3) is 0.458. The number of anilines is 1. The van der Waals surface area contributed by atoms with Crippen LogP contribution in [0.3, 0.4) is 0 Å². The van der Waals surface area contributed by atoms with Crippen LogP contribution in [0.4, 0.5) is 5.69 Å². The van der Waals surface area contributed by atoms with Crippen molar-refractivity contribution in [3.63, 3.8) is 0 Å². The van der Waals surface area contributed by atoms with Crippen molar-refractivity contribution in [1.29, 1.82) is 0 Å². The van der Waals surface area contributed by atoms with Crippen molar-refractivity contribution >= 4 is 33.1 Å². The highest BCUT2D eigenvalue weighted by molar-refractivity contribution is 7.17. The maximum atomic E-state index is 12.4. The number of aromatic nitrogens is 2. The molecule has 4 rings (SSSR count).